The summed E-state index contributed by atoms with van der Waals surface area (Å²) < 4.78 is 4.28. The predicted molar refractivity (Wildman–Crippen MR) is 42.0 cm³/mol. The van der Waals surface area contributed by atoms with E-state index in [4.69, 9.17) is 10.2 Å². The van der Waals surface area contributed by atoms with Crippen LogP contribution in [0.5, 0.6) is 0 Å². The van der Waals surface area contributed by atoms with Crippen LogP contribution in [0.3, 0.4) is 0 Å². The molecule has 0 aliphatic heterocycles. The molecule has 2 atom stereocenters. The van der Waals surface area contributed by atoms with E-state index in [0.29, 0.717) is 0 Å². The van der Waals surface area contributed by atoms with Gasteiger partial charge < -0.3 is 14.9 Å². The zero-order valence-electron chi connectivity index (χ0n) is 6.27. The minimum absolute atomic E-state index is 0. The van der Waals surface area contributed by atoms with Crippen LogP contribution >= 0.6 is 0 Å². The molecule has 0 amide bonds. The standard InChI is InChI=1S/C6H10O5.K.H/c1-3(7)6(10)11-4(2)5(8)9;;/h3-4,7H,1-2H3,(H,8,9);;. The Morgan fingerprint density at radius 2 is 1.75 bits per heavy atom. The quantitative estimate of drug-likeness (QED) is 0.440. The van der Waals surface area contributed by atoms with Crippen molar-refractivity contribution < 1.29 is 24.5 Å². The number of carbonyl (C=O) groups is 2. The van der Waals surface area contributed by atoms with Crippen molar-refractivity contribution in [1.82, 2.24) is 0 Å². The molecule has 0 aromatic carbocycles. The minimum atomic E-state index is -1.28. The zero-order valence-corrected chi connectivity index (χ0v) is 6.27. The van der Waals surface area contributed by atoms with Gasteiger partial charge in [0.15, 0.2) is 6.10 Å². The normalized spacial score (nSPS) is 13.9. The molecule has 0 aliphatic carbocycles. The Labute approximate surface area is 113 Å². The van der Waals surface area contributed by atoms with Crippen LogP contribution in [0, 0.1) is 0 Å². The van der Waals surface area contributed by atoms with E-state index in [1.54, 1.807) is 0 Å². The second-order valence-corrected chi connectivity index (χ2v) is 2.09. The average molecular weight is 202 g/mol. The molecule has 66 valence electrons. The second kappa shape index (κ2) is 6.99. The molecule has 0 aliphatic rings. The summed E-state index contributed by atoms with van der Waals surface area (Å²) in [7, 11) is 0. The number of aliphatic hydroxyl groups excluding tert-OH is 1. The molecule has 0 aromatic rings. The van der Waals surface area contributed by atoms with Gasteiger partial charge in [-0.15, -0.1) is 0 Å². The first-order valence-corrected chi connectivity index (χ1v) is 3.06. The predicted octanol–water partition coefficient (Wildman–Crippen LogP) is -1.27. The number of carbonyl (C=O) groups excluding carboxylic acids is 1. The molecule has 2 N–H and O–H groups in total. The fourth-order valence-electron chi connectivity index (χ4n) is 0.323. The van der Waals surface area contributed by atoms with Crippen LogP contribution in [0.15, 0.2) is 0 Å². The molecule has 12 heavy (non-hydrogen) atoms. The molecule has 6 heteroatoms. The molecule has 0 saturated heterocycles. The summed E-state index contributed by atoms with van der Waals surface area (Å²) in [5.41, 5.74) is 0. The molecule has 0 spiro atoms. The Bertz CT molecular complexity index is 167. The third kappa shape index (κ3) is 6.10. The molecule has 0 aromatic heterocycles. The number of hydrogen-bond donors (Lipinski definition) is 2. The number of aliphatic carboxylic acids is 1. The molecule has 0 fully saturated rings. The van der Waals surface area contributed by atoms with E-state index >= 15 is 0 Å². The fraction of sp³-hybridized carbons (Fsp3) is 0.667. The van der Waals surface area contributed by atoms with Gasteiger partial charge in [-0.05, 0) is 13.8 Å². The van der Waals surface area contributed by atoms with Crippen LogP contribution in [0.4, 0.5) is 0 Å². The van der Waals surface area contributed by atoms with Gasteiger partial charge in [0.05, 0.1) is 0 Å². The number of hydrogen-bond acceptors (Lipinski definition) is 4. The molecular weight excluding hydrogens is 191 g/mol. The first-order valence-electron chi connectivity index (χ1n) is 3.06. The van der Waals surface area contributed by atoms with Gasteiger partial charge >= 0.3 is 63.3 Å². The average Bonchev–Trinajstić information content (AvgIpc) is 1.87. The molecule has 0 rings (SSSR count). The Morgan fingerprint density at radius 1 is 1.33 bits per heavy atom. The molecule has 0 radical (unpaired) electrons. The molecule has 5 nitrogen and oxygen atoms in total. The summed E-state index contributed by atoms with van der Waals surface area (Å²) in [6, 6.07) is 0. The van der Waals surface area contributed by atoms with Crippen molar-refractivity contribution in [2.45, 2.75) is 26.1 Å². The van der Waals surface area contributed by atoms with E-state index in [9.17, 15) is 9.59 Å². The van der Waals surface area contributed by atoms with Crippen molar-refractivity contribution in [3.63, 3.8) is 0 Å². The van der Waals surface area contributed by atoms with E-state index in [1.807, 2.05) is 0 Å². The molecule has 0 saturated carbocycles. The van der Waals surface area contributed by atoms with Gasteiger partial charge in [0.1, 0.15) is 6.10 Å². The van der Waals surface area contributed by atoms with Crippen molar-refractivity contribution in [3.05, 3.63) is 0 Å². The van der Waals surface area contributed by atoms with Gasteiger partial charge in [-0.1, -0.05) is 0 Å². The third-order valence-electron chi connectivity index (χ3n) is 0.982. The number of aliphatic hydroxyl groups is 1. The Balaban J connectivity index is 0. The number of carboxylic acids is 1. The maximum absolute atomic E-state index is 10.5. The van der Waals surface area contributed by atoms with Gasteiger partial charge in [-0.25, -0.2) is 9.59 Å². The van der Waals surface area contributed by atoms with Crippen molar-refractivity contribution in [2.24, 2.45) is 0 Å². The van der Waals surface area contributed by atoms with Crippen LogP contribution in [0.25, 0.3) is 0 Å². The Hall–Kier alpha value is 0.536. The third-order valence-corrected chi connectivity index (χ3v) is 0.982. The van der Waals surface area contributed by atoms with Crippen LogP contribution in [0.2, 0.25) is 0 Å². The van der Waals surface area contributed by atoms with Gasteiger partial charge in [0.2, 0.25) is 0 Å². The first kappa shape index (κ1) is 15.0. The molecule has 0 heterocycles. The first-order chi connectivity index (χ1) is 4.95. The molecular formula is C6H11KO5. The van der Waals surface area contributed by atoms with Crippen LogP contribution < -0.4 is 0 Å². The van der Waals surface area contributed by atoms with E-state index in [2.05, 4.69) is 4.74 Å². The van der Waals surface area contributed by atoms with E-state index in [1.165, 1.54) is 13.8 Å². The SMILES string of the molecule is CC(O)C(=O)OC(C)C(=O)O.[KH]. The number of esters is 1. The van der Waals surface area contributed by atoms with Crippen LogP contribution in [0.1, 0.15) is 13.8 Å². The van der Waals surface area contributed by atoms with Gasteiger partial charge in [0.25, 0.3) is 0 Å². The summed E-state index contributed by atoms with van der Waals surface area (Å²) in [5, 5.41) is 16.8. The van der Waals surface area contributed by atoms with Gasteiger partial charge in [-0.2, -0.15) is 0 Å². The second-order valence-electron chi connectivity index (χ2n) is 2.09. The van der Waals surface area contributed by atoms with Crippen molar-refractivity contribution in [2.75, 3.05) is 0 Å². The zero-order chi connectivity index (χ0) is 9.02. The molecule has 2 unspecified atom stereocenters. The summed E-state index contributed by atoms with van der Waals surface area (Å²) >= 11 is 0. The van der Waals surface area contributed by atoms with Gasteiger partial charge in [0, 0.05) is 0 Å². The van der Waals surface area contributed by atoms with Crippen LogP contribution in [-0.4, -0.2) is 85.7 Å². The monoisotopic (exact) mass is 202 g/mol. The summed E-state index contributed by atoms with van der Waals surface area (Å²) in [5.74, 6) is -2.17. The van der Waals surface area contributed by atoms with Gasteiger partial charge in [-0.3, -0.25) is 0 Å². The van der Waals surface area contributed by atoms with Crippen molar-refractivity contribution in [3.8, 4) is 0 Å². The topological polar surface area (TPSA) is 83.8 Å². The van der Waals surface area contributed by atoms with Crippen LogP contribution in [-0.2, 0) is 14.3 Å². The van der Waals surface area contributed by atoms with E-state index < -0.39 is 24.1 Å². The number of ether oxygens (including phenoxy) is 1. The Kier molecular flexibility index (Phi) is 8.75. The maximum atomic E-state index is 10.5. The molecule has 0 bridgehead atoms. The Morgan fingerprint density at radius 3 is 2.00 bits per heavy atom. The summed E-state index contributed by atoms with van der Waals surface area (Å²) in [6.45, 7) is 2.42. The number of rotatable bonds is 3. The fourth-order valence-corrected chi connectivity index (χ4v) is 0.323. The summed E-state index contributed by atoms with van der Waals surface area (Å²) in [4.78, 5) is 20.6. The number of carboxylic acid groups (broad SMARTS) is 1. The summed E-state index contributed by atoms with van der Waals surface area (Å²) in [6.07, 6.45) is -2.49. The van der Waals surface area contributed by atoms with E-state index in [-0.39, 0.29) is 51.4 Å². The van der Waals surface area contributed by atoms with Crippen molar-refractivity contribution >= 4 is 63.3 Å². The van der Waals surface area contributed by atoms with E-state index in [0.717, 1.165) is 0 Å². The van der Waals surface area contributed by atoms with Crippen molar-refractivity contribution in [1.29, 1.82) is 0 Å².